The number of hydrogen-bond donors (Lipinski definition) is 2. The number of carbonyl (C=O) groups excluding carboxylic acids is 1. The summed E-state index contributed by atoms with van der Waals surface area (Å²) >= 11 is 0. The predicted molar refractivity (Wildman–Crippen MR) is 109 cm³/mol. The van der Waals surface area contributed by atoms with Crippen LogP contribution in [0, 0.1) is 0 Å². The number of amides is 1. The number of piperazine rings is 1. The Labute approximate surface area is 172 Å². The first-order valence-electron chi connectivity index (χ1n) is 9.73. The number of rotatable bonds is 5. The number of ether oxygens (including phenoxy) is 1. The normalized spacial score (nSPS) is 16.7. The van der Waals surface area contributed by atoms with E-state index in [4.69, 9.17) is 9.26 Å². The molecule has 0 spiro atoms. The average Bonchev–Trinajstić information content (AvgIpc) is 3.47. The summed E-state index contributed by atoms with van der Waals surface area (Å²) in [4.78, 5) is 19.1. The zero-order valence-electron chi connectivity index (χ0n) is 16.1. The number of hydrogen-bond acceptors (Lipinski definition) is 7. The van der Waals surface area contributed by atoms with Gasteiger partial charge in [-0.2, -0.15) is 10.1 Å². The van der Waals surface area contributed by atoms with Crippen molar-refractivity contribution in [3.63, 3.8) is 0 Å². The molecule has 2 aromatic heterocycles. The van der Waals surface area contributed by atoms with Gasteiger partial charge in [-0.05, 0) is 30.3 Å². The van der Waals surface area contributed by atoms with Gasteiger partial charge in [-0.3, -0.25) is 9.89 Å². The van der Waals surface area contributed by atoms with Gasteiger partial charge in [0.1, 0.15) is 11.8 Å². The third kappa shape index (κ3) is 3.62. The lowest BCUT2D eigenvalue weighted by Crippen LogP contribution is -2.50. The van der Waals surface area contributed by atoms with Gasteiger partial charge in [0.15, 0.2) is 6.61 Å². The van der Waals surface area contributed by atoms with Crippen molar-refractivity contribution in [3.8, 4) is 17.1 Å². The molecule has 0 aliphatic carbocycles. The molecule has 9 nitrogen and oxygen atoms in total. The van der Waals surface area contributed by atoms with Crippen molar-refractivity contribution in [3.05, 3.63) is 60.6 Å². The molecule has 1 aliphatic heterocycles. The molecular weight excluding hydrogens is 384 g/mol. The van der Waals surface area contributed by atoms with E-state index in [-0.39, 0.29) is 18.6 Å². The van der Waals surface area contributed by atoms with Crippen molar-refractivity contribution < 1.29 is 14.1 Å². The molecule has 3 heterocycles. The molecule has 2 aromatic carbocycles. The van der Waals surface area contributed by atoms with Gasteiger partial charge in [0, 0.05) is 30.6 Å². The number of para-hydroxylation sites is 1. The highest BCUT2D eigenvalue weighted by atomic mass is 16.5. The summed E-state index contributed by atoms with van der Waals surface area (Å²) < 4.78 is 11.2. The molecular formula is C21H20N6O3. The summed E-state index contributed by atoms with van der Waals surface area (Å²) in [5.74, 6) is 1.42. The quantitative estimate of drug-likeness (QED) is 0.525. The number of nitrogens with zero attached hydrogens (tertiary/aromatic N) is 4. The zero-order valence-corrected chi connectivity index (χ0v) is 16.1. The molecule has 1 saturated heterocycles. The van der Waals surface area contributed by atoms with Crippen molar-refractivity contribution in [2.75, 3.05) is 26.2 Å². The minimum atomic E-state index is -0.343. The number of nitrogens with one attached hydrogen (secondary N) is 2. The van der Waals surface area contributed by atoms with E-state index in [1.165, 1.54) is 0 Å². The molecule has 152 valence electrons. The first-order chi connectivity index (χ1) is 14.8. The standard InChI is InChI=1S/C21H20N6O3/c28-19(13-29-16-4-2-1-3-5-16)27-9-8-22-12-18(27)21-24-20(26-30-21)14-6-7-17-15(10-14)11-23-25-17/h1-7,10-11,18,22H,8-9,12-13H2,(H,23,25)/t18-/m1/s1. The Kier molecular flexibility index (Phi) is 4.86. The summed E-state index contributed by atoms with van der Waals surface area (Å²) in [7, 11) is 0. The van der Waals surface area contributed by atoms with Crippen LogP contribution in [0.4, 0.5) is 0 Å². The Morgan fingerprint density at radius 1 is 1.23 bits per heavy atom. The molecule has 0 bridgehead atoms. The SMILES string of the molecule is O=C(COc1ccccc1)N1CCNC[C@@H]1c1nc(-c2ccc3[nH]ncc3c2)no1. The molecule has 1 atom stereocenters. The van der Waals surface area contributed by atoms with Gasteiger partial charge in [-0.25, -0.2) is 0 Å². The highest BCUT2D eigenvalue weighted by Gasteiger charge is 2.32. The molecule has 2 N–H and O–H groups in total. The molecule has 0 saturated carbocycles. The van der Waals surface area contributed by atoms with Crippen LogP contribution in [0.3, 0.4) is 0 Å². The molecule has 4 aromatic rings. The van der Waals surface area contributed by atoms with Crippen LogP contribution in [0.15, 0.2) is 59.3 Å². The highest BCUT2D eigenvalue weighted by Crippen LogP contribution is 2.26. The summed E-state index contributed by atoms with van der Waals surface area (Å²) in [5, 5.41) is 15.3. The van der Waals surface area contributed by atoms with Crippen molar-refractivity contribution in [2.45, 2.75) is 6.04 Å². The van der Waals surface area contributed by atoms with Gasteiger partial charge in [-0.15, -0.1) is 0 Å². The molecule has 0 unspecified atom stereocenters. The number of carbonyl (C=O) groups is 1. The third-order valence-corrected chi connectivity index (χ3v) is 5.09. The fraction of sp³-hybridized carbons (Fsp3) is 0.238. The first kappa shape index (κ1) is 18.3. The van der Waals surface area contributed by atoms with Crippen LogP contribution in [0.2, 0.25) is 0 Å². The van der Waals surface area contributed by atoms with Gasteiger partial charge in [0.25, 0.3) is 11.8 Å². The third-order valence-electron chi connectivity index (χ3n) is 5.09. The van der Waals surface area contributed by atoms with Crippen molar-refractivity contribution in [2.24, 2.45) is 0 Å². The number of fused-ring (bicyclic) bond motifs is 1. The summed E-state index contributed by atoms with van der Waals surface area (Å²) in [5.41, 5.74) is 1.77. The van der Waals surface area contributed by atoms with Crippen LogP contribution in [-0.2, 0) is 4.79 Å². The van der Waals surface area contributed by atoms with Crippen molar-refractivity contribution >= 4 is 16.8 Å². The highest BCUT2D eigenvalue weighted by molar-refractivity contribution is 5.82. The Morgan fingerprint density at radius 3 is 3.03 bits per heavy atom. The maximum Gasteiger partial charge on any atom is 0.261 e. The van der Waals surface area contributed by atoms with E-state index in [9.17, 15) is 4.79 Å². The topological polar surface area (TPSA) is 109 Å². The Bertz CT molecular complexity index is 1160. The average molecular weight is 404 g/mol. The predicted octanol–water partition coefficient (Wildman–Crippen LogP) is 2.16. The minimum absolute atomic E-state index is 0.0430. The maximum atomic E-state index is 12.8. The number of H-pyrrole nitrogens is 1. The molecule has 1 fully saturated rings. The van der Waals surface area contributed by atoms with Crippen LogP contribution < -0.4 is 10.1 Å². The summed E-state index contributed by atoms with van der Waals surface area (Å²) in [6.45, 7) is 1.74. The first-order valence-corrected chi connectivity index (χ1v) is 9.73. The largest absolute Gasteiger partial charge is 0.484 e. The molecule has 9 heteroatoms. The lowest BCUT2D eigenvalue weighted by atomic mass is 10.1. The molecule has 0 radical (unpaired) electrons. The van der Waals surface area contributed by atoms with Gasteiger partial charge >= 0.3 is 0 Å². The molecule has 1 aliphatic rings. The fourth-order valence-electron chi connectivity index (χ4n) is 3.54. The van der Waals surface area contributed by atoms with E-state index in [1.54, 1.807) is 11.1 Å². The van der Waals surface area contributed by atoms with Crippen molar-refractivity contribution in [1.29, 1.82) is 0 Å². The van der Waals surface area contributed by atoms with E-state index in [1.807, 2.05) is 48.5 Å². The van der Waals surface area contributed by atoms with Gasteiger partial charge in [0.2, 0.25) is 5.82 Å². The number of aromatic nitrogens is 4. The monoisotopic (exact) mass is 404 g/mol. The lowest BCUT2D eigenvalue weighted by molar-refractivity contribution is -0.137. The molecule has 1 amide bonds. The Hall–Kier alpha value is -3.72. The minimum Gasteiger partial charge on any atom is -0.484 e. The number of aromatic amines is 1. The van der Waals surface area contributed by atoms with E-state index in [0.29, 0.717) is 37.1 Å². The van der Waals surface area contributed by atoms with E-state index in [2.05, 4.69) is 25.7 Å². The summed E-state index contributed by atoms with van der Waals surface area (Å²) in [6.07, 6.45) is 1.75. The van der Waals surface area contributed by atoms with Crippen LogP contribution in [-0.4, -0.2) is 57.4 Å². The molecule has 30 heavy (non-hydrogen) atoms. The van der Waals surface area contributed by atoms with Crippen LogP contribution in [0.25, 0.3) is 22.3 Å². The maximum absolute atomic E-state index is 12.8. The Balaban J connectivity index is 1.33. The molecule has 5 rings (SSSR count). The fourth-order valence-corrected chi connectivity index (χ4v) is 3.54. The lowest BCUT2D eigenvalue weighted by Gasteiger charge is -2.33. The number of benzene rings is 2. The summed E-state index contributed by atoms with van der Waals surface area (Å²) in [6, 6.07) is 14.7. The van der Waals surface area contributed by atoms with Gasteiger partial charge in [0.05, 0.1) is 11.7 Å². The zero-order chi connectivity index (χ0) is 20.3. The van der Waals surface area contributed by atoms with Crippen LogP contribution in [0.5, 0.6) is 5.75 Å². The second-order valence-electron chi connectivity index (χ2n) is 7.04. The smallest absolute Gasteiger partial charge is 0.261 e. The van der Waals surface area contributed by atoms with E-state index >= 15 is 0 Å². The van der Waals surface area contributed by atoms with E-state index < -0.39 is 0 Å². The van der Waals surface area contributed by atoms with Gasteiger partial charge < -0.3 is 19.5 Å². The van der Waals surface area contributed by atoms with Gasteiger partial charge in [-0.1, -0.05) is 23.4 Å². The Morgan fingerprint density at radius 2 is 2.13 bits per heavy atom. The van der Waals surface area contributed by atoms with Crippen LogP contribution in [0.1, 0.15) is 11.9 Å². The van der Waals surface area contributed by atoms with Crippen molar-refractivity contribution in [1.82, 2.24) is 30.6 Å². The van der Waals surface area contributed by atoms with Crippen LogP contribution >= 0.6 is 0 Å². The second kappa shape index (κ2) is 7.96. The second-order valence-corrected chi connectivity index (χ2v) is 7.04. The van der Waals surface area contributed by atoms with E-state index in [0.717, 1.165) is 16.5 Å².